The van der Waals surface area contributed by atoms with Crippen molar-refractivity contribution in [2.45, 2.75) is 36.6 Å². The van der Waals surface area contributed by atoms with Crippen LogP contribution in [0.1, 0.15) is 25.7 Å². The van der Waals surface area contributed by atoms with Gasteiger partial charge in [-0.3, -0.25) is 4.72 Å². The maximum absolute atomic E-state index is 12.7. The summed E-state index contributed by atoms with van der Waals surface area (Å²) < 4.78 is 28.0. The second kappa shape index (κ2) is 6.92. The van der Waals surface area contributed by atoms with Crippen molar-refractivity contribution in [3.05, 3.63) is 54.6 Å². The summed E-state index contributed by atoms with van der Waals surface area (Å²) in [4.78, 5) is 9.32. The summed E-state index contributed by atoms with van der Waals surface area (Å²) in [5.41, 5.74) is 1.38. The number of sulfonamides is 1. The monoisotopic (exact) mass is 368 g/mol. The first kappa shape index (κ1) is 16.8. The molecule has 0 unspecified atom stereocenters. The topological polar surface area (TPSA) is 84.0 Å². The van der Waals surface area contributed by atoms with E-state index in [1.165, 1.54) is 12.8 Å². The molecule has 0 spiro atoms. The lowest BCUT2D eigenvalue weighted by atomic mass is 10.2. The lowest BCUT2D eigenvalue weighted by molar-refractivity contribution is 0.601. The van der Waals surface area contributed by atoms with Crippen molar-refractivity contribution in [2.75, 3.05) is 10.0 Å². The van der Waals surface area contributed by atoms with Crippen LogP contribution < -0.4 is 10.0 Å². The minimum absolute atomic E-state index is 0.196. The average molecular weight is 368 g/mol. The Morgan fingerprint density at radius 2 is 1.38 bits per heavy atom. The third kappa shape index (κ3) is 3.48. The van der Waals surface area contributed by atoms with Crippen LogP contribution in [-0.2, 0) is 10.0 Å². The molecule has 2 N–H and O–H groups in total. The van der Waals surface area contributed by atoms with Crippen LogP contribution in [0.15, 0.2) is 59.5 Å². The Balaban J connectivity index is 1.74. The van der Waals surface area contributed by atoms with Gasteiger partial charge in [-0.2, -0.15) is 0 Å². The minimum atomic E-state index is -3.73. The van der Waals surface area contributed by atoms with E-state index in [-0.39, 0.29) is 10.7 Å². The molecule has 0 radical (unpaired) electrons. The largest absolute Gasteiger partial charge is 0.364 e. The highest BCUT2D eigenvalue weighted by atomic mass is 32.2. The average Bonchev–Trinajstić information content (AvgIpc) is 3.16. The summed E-state index contributed by atoms with van der Waals surface area (Å²) in [5, 5.41) is 3.38. The van der Waals surface area contributed by atoms with E-state index < -0.39 is 10.0 Å². The number of nitrogens with zero attached hydrogens (tertiary/aromatic N) is 2. The molecule has 0 amide bonds. The van der Waals surface area contributed by atoms with Crippen LogP contribution in [0.3, 0.4) is 0 Å². The van der Waals surface area contributed by atoms with Crippen molar-refractivity contribution in [3.8, 4) is 0 Å². The fraction of sp³-hybridized carbons (Fsp3) is 0.263. The van der Waals surface area contributed by atoms with Gasteiger partial charge in [0.15, 0.2) is 11.6 Å². The molecular weight excluding hydrogens is 348 g/mol. The number of benzene rings is 2. The van der Waals surface area contributed by atoms with Crippen molar-refractivity contribution < 1.29 is 8.42 Å². The summed E-state index contributed by atoms with van der Waals surface area (Å²) in [6, 6.07) is 16.0. The van der Waals surface area contributed by atoms with E-state index in [1.807, 2.05) is 24.3 Å². The van der Waals surface area contributed by atoms with Gasteiger partial charge in [-0.25, -0.2) is 18.4 Å². The summed E-state index contributed by atoms with van der Waals surface area (Å²) in [6.07, 6.45) is 4.45. The highest BCUT2D eigenvalue weighted by molar-refractivity contribution is 7.92. The highest BCUT2D eigenvalue weighted by Crippen LogP contribution is 2.28. The molecule has 26 heavy (non-hydrogen) atoms. The van der Waals surface area contributed by atoms with Crippen LogP contribution in [0.2, 0.25) is 0 Å². The van der Waals surface area contributed by atoms with Crippen molar-refractivity contribution in [1.82, 2.24) is 9.97 Å². The normalized spacial score (nSPS) is 15.2. The van der Waals surface area contributed by atoms with Crippen molar-refractivity contribution in [1.29, 1.82) is 0 Å². The van der Waals surface area contributed by atoms with Gasteiger partial charge >= 0.3 is 0 Å². The van der Waals surface area contributed by atoms with Gasteiger partial charge in [-0.15, -0.1) is 0 Å². The van der Waals surface area contributed by atoms with E-state index in [0.29, 0.717) is 17.4 Å². The number of anilines is 2. The fourth-order valence-corrected chi connectivity index (χ4v) is 4.25. The Kier molecular flexibility index (Phi) is 4.46. The predicted octanol–water partition coefficient (Wildman–Crippen LogP) is 3.79. The molecule has 1 heterocycles. The zero-order valence-corrected chi connectivity index (χ0v) is 15.0. The Bertz CT molecular complexity index is 1020. The zero-order chi connectivity index (χ0) is 18.0. The van der Waals surface area contributed by atoms with E-state index in [4.69, 9.17) is 0 Å². The lowest BCUT2D eigenvalue weighted by Gasteiger charge is -2.17. The molecule has 3 aromatic rings. The predicted molar refractivity (Wildman–Crippen MR) is 103 cm³/mol. The molecule has 0 saturated heterocycles. The van der Waals surface area contributed by atoms with Gasteiger partial charge < -0.3 is 5.32 Å². The number of fused-ring (bicyclic) bond motifs is 1. The molecular formula is C19H20N4O2S. The smallest absolute Gasteiger partial charge is 0.263 e. The van der Waals surface area contributed by atoms with Gasteiger partial charge in [0.2, 0.25) is 0 Å². The number of para-hydroxylation sites is 2. The van der Waals surface area contributed by atoms with Gasteiger partial charge in [0.25, 0.3) is 10.0 Å². The molecule has 1 aliphatic carbocycles. The van der Waals surface area contributed by atoms with Crippen LogP contribution in [0, 0.1) is 0 Å². The Hall–Kier alpha value is -2.67. The Labute approximate surface area is 152 Å². The fourth-order valence-electron chi connectivity index (χ4n) is 3.22. The first-order valence-electron chi connectivity index (χ1n) is 8.73. The Morgan fingerprint density at radius 1 is 0.808 bits per heavy atom. The molecule has 0 bridgehead atoms. The molecule has 1 aromatic heterocycles. The van der Waals surface area contributed by atoms with Crippen LogP contribution in [0.5, 0.6) is 0 Å². The molecule has 0 aliphatic heterocycles. The highest BCUT2D eigenvalue weighted by Gasteiger charge is 2.21. The van der Waals surface area contributed by atoms with E-state index >= 15 is 0 Å². The van der Waals surface area contributed by atoms with Crippen LogP contribution in [0.25, 0.3) is 11.0 Å². The van der Waals surface area contributed by atoms with Gasteiger partial charge in [0, 0.05) is 6.04 Å². The molecule has 2 aromatic carbocycles. The molecule has 1 aliphatic rings. The van der Waals surface area contributed by atoms with Gasteiger partial charge in [0.05, 0.1) is 15.9 Å². The second-order valence-electron chi connectivity index (χ2n) is 6.45. The van der Waals surface area contributed by atoms with Crippen LogP contribution in [-0.4, -0.2) is 24.4 Å². The van der Waals surface area contributed by atoms with Crippen molar-refractivity contribution >= 4 is 32.7 Å². The number of hydrogen-bond donors (Lipinski definition) is 2. The van der Waals surface area contributed by atoms with E-state index in [9.17, 15) is 8.42 Å². The molecule has 4 rings (SSSR count). The van der Waals surface area contributed by atoms with Crippen molar-refractivity contribution in [3.63, 3.8) is 0 Å². The van der Waals surface area contributed by atoms with Crippen molar-refractivity contribution in [2.24, 2.45) is 0 Å². The van der Waals surface area contributed by atoms with E-state index in [2.05, 4.69) is 20.0 Å². The standard InChI is InChI=1S/C19H20N4O2S/c24-26(25,15-10-2-1-3-11-15)23-19-18(20-14-8-4-5-9-14)21-16-12-6-7-13-17(16)22-19/h1-3,6-7,10-14H,4-5,8-9H2,(H,20,21)(H,22,23). The summed E-state index contributed by atoms with van der Waals surface area (Å²) >= 11 is 0. The third-order valence-corrected chi connectivity index (χ3v) is 5.91. The molecule has 134 valence electrons. The third-order valence-electron chi connectivity index (χ3n) is 4.55. The number of rotatable bonds is 5. The van der Waals surface area contributed by atoms with Gasteiger partial charge in [-0.05, 0) is 37.1 Å². The molecule has 7 heteroatoms. The van der Waals surface area contributed by atoms with Crippen LogP contribution >= 0.6 is 0 Å². The first-order valence-corrected chi connectivity index (χ1v) is 10.2. The maximum Gasteiger partial charge on any atom is 0.263 e. The number of hydrogen-bond acceptors (Lipinski definition) is 5. The van der Waals surface area contributed by atoms with Gasteiger partial charge in [0.1, 0.15) is 0 Å². The minimum Gasteiger partial charge on any atom is -0.364 e. The summed E-state index contributed by atoms with van der Waals surface area (Å²) in [7, 11) is -3.73. The molecule has 1 fully saturated rings. The van der Waals surface area contributed by atoms with Gasteiger partial charge in [-0.1, -0.05) is 43.2 Å². The van der Waals surface area contributed by atoms with E-state index in [1.54, 1.807) is 30.3 Å². The molecule has 0 atom stereocenters. The quantitative estimate of drug-likeness (QED) is 0.716. The van der Waals surface area contributed by atoms with Crippen LogP contribution in [0.4, 0.5) is 11.6 Å². The lowest BCUT2D eigenvalue weighted by Crippen LogP contribution is -2.20. The maximum atomic E-state index is 12.7. The second-order valence-corrected chi connectivity index (χ2v) is 8.14. The van der Waals surface area contributed by atoms with E-state index in [0.717, 1.165) is 18.4 Å². The number of nitrogens with one attached hydrogen (secondary N) is 2. The zero-order valence-electron chi connectivity index (χ0n) is 14.2. The molecule has 6 nitrogen and oxygen atoms in total. The SMILES string of the molecule is O=S(=O)(Nc1nc2ccccc2nc1NC1CCCC1)c1ccccc1. The summed E-state index contributed by atoms with van der Waals surface area (Å²) in [6.45, 7) is 0. The summed E-state index contributed by atoms with van der Waals surface area (Å²) in [5.74, 6) is 0.717. The number of aromatic nitrogens is 2. The first-order chi connectivity index (χ1) is 12.6. The Morgan fingerprint density at radius 3 is 2.04 bits per heavy atom. The molecule has 1 saturated carbocycles.